The zero-order valence-corrected chi connectivity index (χ0v) is 14.1. The van der Waals surface area contributed by atoms with E-state index in [-0.39, 0.29) is 18.4 Å². The zero-order chi connectivity index (χ0) is 17.0. The average Bonchev–Trinajstić information content (AvgIpc) is 2.85. The number of carbonyl (C=O) groups excluding carboxylic acids is 1. The third kappa shape index (κ3) is 3.83. The third-order valence-electron chi connectivity index (χ3n) is 3.80. The molecule has 0 aliphatic rings. The van der Waals surface area contributed by atoms with Crippen LogP contribution in [-0.2, 0) is 11.2 Å². The van der Waals surface area contributed by atoms with Crippen molar-refractivity contribution in [3.05, 3.63) is 40.8 Å². The van der Waals surface area contributed by atoms with E-state index in [0.29, 0.717) is 17.3 Å². The molecule has 6 nitrogen and oxygen atoms in total. The summed E-state index contributed by atoms with van der Waals surface area (Å²) in [5.74, 6) is 1.96. The van der Waals surface area contributed by atoms with Crippen LogP contribution in [0.25, 0.3) is 0 Å². The topological polar surface area (TPSA) is 73.6 Å². The summed E-state index contributed by atoms with van der Waals surface area (Å²) in [4.78, 5) is 12.3. The van der Waals surface area contributed by atoms with Crippen LogP contribution in [0.4, 0.5) is 0 Å². The Morgan fingerprint density at radius 1 is 1.30 bits per heavy atom. The maximum atomic E-state index is 12.3. The van der Waals surface area contributed by atoms with E-state index >= 15 is 0 Å². The van der Waals surface area contributed by atoms with Gasteiger partial charge in [0.15, 0.2) is 0 Å². The Balaban J connectivity index is 2.09. The maximum absolute atomic E-state index is 12.3. The van der Waals surface area contributed by atoms with E-state index in [9.17, 15) is 4.79 Å². The van der Waals surface area contributed by atoms with Crippen LogP contribution in [0.3, 0.4) is 0 Å². The number of benzene rings is 1. The van der Waals surface area contributed by atoms with Crippen LogP contribution in [0.5, 0.6) is 11.5 Å². The molecule has 2 rings (SSSR count). The van der Waals surface area contributed by atoms with Gasteiger partial charge < -0.3 is 19.3 Å². The van der Waals surface area contributed by atoms with Crippen molar-refractivity contribution < 1.29 is 18.8 Å². The van der Waals surface area contributed by atoms with Gasteiger partial charge >= 0.3 is 0 Å². The van der Waals surface area contributed by atoms with Crippen molar-refractivity contribution >= 4 is 5.91 Å². The number of nitrogens with zero attached hydrogens (tertiary/aromatic N) is 1. The van der Waals surface area contributed by atoms with Crippen LogP contribution >= 0.6 is 0 Å². The molecule has 0 fully saturated rings. The summed E-state index contributed by atoms with van der Waals surface area (Å²) in [5, 5.41) is 6.84. The van der Waals surface area contributed by atoms with E-state index in [2.05, 4.69) is 10.5 Å². The molecule has 0 spiro atoms. The molecule has 1 N–H and O–H groups in total. The van der Waals surface area contributed by atoms with Gasteiger partial charge in [0.2, 0.25) is 5.91 Å². The predicted molar refractivity (Wildman–Crippen MR) is 85.8 cm³/mol. The fraction of sp³-hybridized carbons (Fsp3) is 0.412. The zero-order valence-electron chi connectivity index (χ0n) is 14.1. The number of amides is 1. The molecule has 0 aliphatic heterocycles. The molecule has 2 aromatic rings. The molecule has 0 bridgehead atoms. The minimum atomic E-state index is -0.191. The second-order valence-electron chi connectivity index (χ2n) is 5.38. The molecule has 0 saturated heterocycles. The van der Waals surface area contributed by atoms with Gasteiger partial charge in [0.05, 0.1) is 32.4 Å². The lowest BCUT2D eigenvalue weighted by Crippen LogP contribution is -2.28. The SMILES string of the molecule is COc1ccc([C@H](C)NC(=O)Cc2c(C)noc2C)c(OC)c1. The van der Waals surface area contributed by atoms with Gasteiger partial charge in [-0.1, -0.05) is 5.16 Å². The molecule has 0 saturated carbocycles. The van der Waals surface area contributed by atoms with Gasteiger partial charge in [0.1, 0.15) is 17.3 Å². The molecule has 0 aliphatic carbocycles. The summed E-state index contributed by atoms with van der Waals surface area (Å²) in [7, 11) is 3.19. The molecule has 1 aromatic carbocycles. The van der Waals surface area contributed by atoms with Crippen LogP contribution in [0.15, 0.2) is 22.7 Å². The quantitative estimate of drug-likeness (QED) is 0.886. The van der Waals surface area contributed by atoms with Crippen LogP contribution in [-0.4, -0.2) is 25.3 Å². The van der Waals surface area contributed by atoms with E-state index in [1.165, 1.54) is 0 Å². The van der Waals surface area contributed by atoms with Crippen molar-refractivity contribution in [1.82, 2.24) is 10.5 Å². The van der Waals surface area contributed by atoms with Gasteiger partial charge in [-0.05, 0) is 32.9 Å². The first-order valence-electron chi connectivity index (χ1n) is 7.39. The van der Waals surface area contributed by atoms with Crippen LogP contribution in [0.2, 0.25) is 0 Å². The lowest BCUT2D eigenvalue weighted by atomic mass is 10.1. The van der Waals surface area contributed by atoms with Crippen molar-refractivity contribution in [2.75, 3.05) is 14.2 Å². The highest BCUT2D eigenvalue weighted by atomic mass is 16.5. The average molecular weight is 318 g/mol. The van der Waals surface area contributed by atoms with Crippen molar-refractivity contribution in [1.29, 1.82) is 0 Å². The van der Waals surface area contributed by atoms with Crippen molar-refractivity contribution in [2.45, 2.75) is 33.2 Å². The Kier molecular flexibility index (Phi) is 5.26. The number of carbonyl (C=O) groups is 1. The number of methoxy groups -OCH3 is 2. The molecule has 1 aromatic heterocycles. The molecule has 1 atom stereocenters. The fourth-order valence-electron chi connectivity index (χ4n) is 2.46. The van der Waals surface area contributed by atoms with E-state index < -0.39 is 0 Å². The van der Waals surface area contributed by atoms with E-state index in [4.69, 9.17) is 14.0 Å². The number of aryl methyl sites for hydroxylation is 2. The van der Waals surface area contributed by atoms with Crippen LogP contribution < -0.4 is 14.8 Å². The number of hydrogen-bond donors (Lipinski definition) is 1. The first-order chi connectivity index (χ1) is 11.0. The molecule has 1 heterocycles. The second kappa shape index (κ2) is 7.17. The summed E-state index contributed by atoms with van der Waals surface area (Å²) < 4.78 is 15.6. The summed E-state index contributed by atoms with van der Waals surface area (Å²) >= 11 is 0. The summed E-state index contributed by atoms with van der Waals surface area (Å²) in [5.41, 5.74) is 2.46. The van der Waals surface area contributed by atoms with Gasteiger partial charge in [-0.15, -0.1) is 0 Å². The van der Waals surface area contributed by atoms with Crippen LogP contribution in [0, 0.1) is 13.8 Å². The van der Waals surface area contributed by atoms with Gasteiger partial charge in [0, 0.05) is 17.2 Å². The number of ether oxygens (including phenoxy) is 2. The molecule has 6 heteroatoms. The highest BCUT2D eigenvalue weighted by molar-refractivity contribution is 5.79. The number of nitrogens with one attached hydrogen (secondary N) is 1. The van der Waals surface area contributed by atoms with Crippen molar-refractivity contribution in [2.24, 2.45) is 0 Å². The highest BCUT2D eigenvalue weighted by Gasteiger charge is 2.18. The highest BCUT2D eigenvalue weighted by Crippen LogP contribution is 2.29. The van der Waals surface area contributed by atoms with Gasteiger partial charge in [-0.2, -0.15) is 0 Å². The summed E-state index contributed by atoms with van der Waals surface area (Å²) in [6.45, 7) is 5.54. The Hall–Kier alpha value is -2.50. The Bertz CT molecular complexity index is 674. The van der Waals surface area contributed by atoms with Crippen LogP contribution in [0.1, 0.15) is 35.5 Å². The molecule has 124 valence electrons. The molecule has 0 unspecified atom stereocenters. The van der Waals surface area contributed by atoms with E-state index in [1.807, 2.05) is 26.0 Å². The molecule has 1 amide bonds. The largest absolute Gasteiger partial charge is 0.497 e. The molecular weight excluding hydrogens is 296 g/mol. The minimum absolute atomic E-state index is 0.0928. The standard InChI is InChI=1S/C17H22N2O4/c1-10(14-7-6-13(21-4)8-16(14)22-5)18-17(20)9-15-11(2)19-23-12(15)3/h6-8,10H,9H2,1-5H3,(H,18,20)/t10-/m0/s1. The number of rotatable bonds is 6. The number of aromatic nitrogens is 1. The van der Waals surface area contributed by atoms with Crippen molar-refractivity contribution in [3.63, 3.8) is 0 Å². The number of hydrogen-bond acceptors (Lipinski definition) is 5. The Labute approximate surface area is 135 Å². The van der Waals surface area contributed by atoms with Gasteiger partial charge in [0.25, 0.3) is 0 Å². The summed E-state index contributed by atoms with van der Waals surface area (Å²) in [6, 6.07) is 5.34. The Morgan fingerprint density at radius 2 is 2.04 bits per heavy atom. The minimum Gasteiger partial charge on any atom is -0.497 e. The normalized spacial score (nSPS) is 11.9. The van der Waals surface area contributed by atoms with E-state index in [0.717, 1.165) is 16.8 Å². The maximum Gasteiger partial charge on any atom is 0.225 e. The fourth-order valence-corrected chi connectivity index (χ4v) is 2.46. The van der Waals surface area contributed by atoms with Gasteiger partial charge in [-0.3, -0.25) is 4.79 Å². The predicted octanol–water partition coefficient (Wildman–Crippen LogP) is 2.73. The second-order valence-corrected chi connectivity index (χ2v) is 5.38. The third-order valence-corrected chi connectivity index (χ3v) is 3.80. The first kappa shape index (κ1) is 16.9. The monoisotopic (exact) mass is 318 g/mol. The van der Waals surface area contributed by atoms with Crippen molar-refractivity contribution in [3.8, 4) is 11.5 Å². The molecule has 23 heavy (non-hydrogen) atoms. The molecule has 0 radical (unpaired) electrons. The lowest BCUT2D eigenvalue weighted by molar-refractivity contribution is -0.121. The molecular formula is C17H22N2O4. The Morgan fingerprint density at radius 3 is 2.61 bits per heavy atom. The summed E-state index contributed by atoms with van der Waals surface area (Å²) in [6.07, 6.45) is 0.240. The van der Waals surface area contributed by atoms with Gasteiger partial charge in [-0.25, -0.2) is 0 Å². The lowest BCUT2D eigenvalue weighted by Gasteiger charge is -2.18. The van der Waals surface area contributed by atoms with E-state index in [1.54, 1.807) is 27.2 Å². The smallest absolute Gasteiger partial charge is 0.225 e. The first-order valence-corrected chi connectivity index (χ1v) is 7.39.